The van der Waals surface area contributed by atoms with Crippen molar-refractivity contribution in [1.82, 2.24) is 10.2 Å². The van der Waals surface area contributed by atoms with E-state index in [4.69, 9.17) is 9.15 Å². The number of nitro groups is 1. The lowest BCUT2D eigenvalue weighted by Crippen LogP contribution is -2.38. The minimum absolute atomic E-state index is 0.00887. The smallest absolute Gasteiger partial charge is 0.311 e. The van der Waals surface area contributed by atoms with E-state index in [0.717, 1.165) is 31.0 Å². The number of methoxy groups -OCH3 is 1. The summed E-state index contributed by atoms with van der Waals surface area (Å²) in [5.41, 5.74) is 0.847. The number of furan rings is 1. The van der Waals surface area contributed by atoms with Crippen molar-refractivity contribution in [3.05, 3.63) is 58.0 Å². The Morgan fingerprint density at radius 3 is 2.77 bits per heavy atom. The van der Waals surface area contributed by atoms with Crippen LogP contribution >= 0.6 is 0 Å². The summed E-state index contributed by atoms with van der Waals surface area (Å²) in [5.74, 6) is 1.24. The third-order valence-electron chi connectivity index (χ3n) is 4.81. The van der Waals surface area contributed by atoms with Crippen LogP contribution in [0.15, 0.2) is 41.0 Å². The summed E-state index contributed by atoms with van der Waals surface area (Å²) in [6, 6.07) is 9.16. The van der Waals surface area contributed by atoms with Crippen molar-refractivity contribution in [3.63, 3.8) is 0 Å². The molecule has 7 heteroatoms. The molecule has 0 spiro atoms. The van der Waals surface area contributed by atoms with Gasteiger partial charge < -0.3 is 14.5 Å². The highest BCUT2D eigenvalue weighted by Gasteiger charge is 2.24. The third kappa shape index (κ3) is 4.42. The van der Waals surface area contributed by atoms with Crippen molar-refractivity contribution in [3.8, 4) is 5.75 Å². The summed E-state index contributed by atoms with van der Waals surface area (Å²) in [6.07, 6.45) is 5.41. The Morgan fingerprint density at radius 1 is 1.31 bits per heavy atom. The van der Waals surface area contributed by atoms with E-state index in [1.807, 2.05) is 18.2 Å². The Bertz CT molecular complexity index is 712. The maximum Gasteiger partial charge on any atom is 0.311 e. The Balaban J connectivity index is 1.64. The van der Waals surface area contributed by atoms with E-state index in [1.54, 1.807) is 18.4 Å². The molecule has 26 heavy (non-hydrogen) atoms. The van der Waals surface area contributed by atoms with Crippen molar-refractivity contribution in [1.29, 1.82) is 0 Å². The number of rotatable bonds is 8. The fourth-order valence-corrected chi connectivity index (χ4v) is 3.46. The zero-order valence-electron chi connectivity index (χ0n) is 15.0. The van der Waals surface area contributed by atoms with Gasteiger partial charge in [0.25, 0.3) is 0 Å². The van der Waals surface area contributed by atoms with Crippen LogP contribution in [0.5, 0.6) is 5.75 Å². The van der Waals surface area contributed by atoms with E-state index in [1.165, 1.54) is 26.4 Å². The second-order valence-electron chi connectivity index (χ2n) is 6.52. The van der Waals surface area contributed by atoms with E-state index < -0.39 is 4.92 Å². The highest BCUT2D eigenvalue weighted by Crippen LogP contribution is 2.28. The van der Waals surface area contributed by atoms with Gasteiger partial charge in [-0.15, -0.1) is 0 Å². The van der Waals surface area contributed by atoms with Crippen LogP contribution < -0.4 is 10.1 Å². The number of piperidine rings is 1. The van der Waals surface area contributed by atoms with Crippen LogP contribution in [0, 0.1) is 10.1 Å². The number of nitro benzene ring substituents is 1. The fourth-order valence-electron chi connectivity index (χ4n) is 3.46. The molecule has 0 radical (unpaired) electrons. The molecule has 0 bridgehead atoms. The molecule has 140 valence electrons. The molecule has 1 aromatic carbocycles. The Kier molecular flexibility index (Phi) is 6.25. The molecule has 7 nitrogen and oxygen atoms in total. The average molecular weight is 359 g/mol. The van der Waals surface area contributed by atoms with Gasteiger partial charge in [0.1, 0.15) is 5.76 Å². The lowest BCUT2D eigenvalue weighted by Gasteiger charge is -2.33. The van der Waals surface area contributed by atoms with Crippen molar-refractivity contribution < 1.29 is 14.1 Å². The highest BCUT2D eigenvalue weighted by molar-refractivity contribution is 5.48. The number of likely N-dealkylation sites (tertiary alicyclic amines) is 1. The largest absolute Gasteiger partial charge is 0.490 e. The average Bonchev–Trinajstić information content (AvgIpc) is 3.20. The van der Waals surface area contributed by atoms with Gasteiger partial charge in [-0.1, -0.05) is 12.5 Å². The molecule has 2 aromatic rings. The van der Waals surface area contributed by atoms with Gasteiger partial charge in [-0.25, -0.2) is 0 Å². The maximum atomic E-state index is 11.2. The first-order valence-electron chi connectivity index (χ1n) is 8.98. The van der Waals surface area contributed by atoms with Gasteiger partial charge in [-0.2, -0.15) is 0 Å². The van der Waals surface area contributed by atoms with E-state index in [0.29, 0.717) is 6.54 Å². The fraction of sp³-hybridized carbons (Fsp3) is 0.474. The van der Waals surface area contributed by atoms with Crippen LogP contribution in [0.4, 0.5) is 5.69 Å². The van der Waals surface area contributed by atoms with E-state index in [9.17, 15) is 10.1 Å². The molecule has 1 atom stereocenters. The van der Waals surface area contributed by atoms with Crippen molar-refractivity contribution in [2.45, 2.75) is 31.8 Å². The molecule has 1 aliphatic rings. The summed E-state index contributed by atoms with van der Waals surface area (Å²) in [6.45, 7) is 3.42. The third-order valence-corrected chi connectivity index (χ3v) is 4.81. The van der Waals surface area contributed by atoms with Gasteiger partial charge in [-0.3, -0.25) is 15.0 Å². The Morgan fingerprint density at radius 2 is 2.12 bits per heavy atom. The number of nitrogens with zero attached hydrogens (tertiary/aromatic N) is 2. The molecule has 1 aliphatic heterocycles. The van der Waals surface area contributed by atoms with Gasteiger partial charge in [0.2, 0.25) is 0 Å². The molecular weight excluding hydrogens is 334 g/mol. The van der Waals surface area contributed by atoms with Crippen LogP contribution in [-0.2, 0) is 6.54 Å². The molecule has 1 N–H and O–H groups in total. The lowest BCUT2D eigenvalue weighted by atomic mass is 10.1. The summed E-state index contributed by atoms with van der Waals surface area (Å²) in [5, 5.41) is 14.6. The van der Waals surface area contributed by atoms with Gasteiger partial charge in [-0.05, 0) is 49.7 Å². The van der Waals surface area contributed by atoms with Crippen molar-refractivity contribution >= 4 is 5.69 Å². The number of benzene rings is 1. The van der Waals surface area contributed by atoms with Crippen molar-refractivity contribution in [2.24, 2.45) is 0 Å². The van der Waals surface area contributed by atoms with E-state index in [-0.39, 0.29) is 17.5 Å². The Labute approximate surface area is 153 Å². The second kappa shape index (κ2) is 8.82. The van der Waals surface area contributed by atoms with Crippen LogP contribution in [-0.4, -0.2) is 36.6 Å². The lowest BCUT2D eigenvalue weighted by molar-refractivity contribution is -0.385. The zero-order chi connectivity index (χ0) is 18.4. The SMILES string of the molecule is COc1ccc(CNCC(c2ccco2)N2CCCCC2)cc1[N+](=O)[O-]. The molecule has 2 heterocycles. The molecule has 0 amide bonds. The van der Waals surface area contributed by atoms with E-state index in [2.05, 4.69) is 10.2 Å². The van der Waals surface area contributed by atoms with Crippen molar-refractivity contribution in [2.75, 3.05) is 26.7 Å². The first-order chi connectivity index (χ1) is 12.7. The normalized spacial score (nSPS) is 16.3. The summed E-state index contributed by atoms with van der Waals surface area (Å²) >= 11 is 0. The first kappa shape index (κ1) is 18.4. The van der Waals surface area contributed by atoms with Crippen LogP contribution in [0.2, 0.25) is 0 Å². The summed E-state index contributed by atoms with van der Waals surface area (Å²) < 4.78 is 10.7. The Hall–Kier alpha value is -2.38. The molecular formula is C19H25N3O4. The molecule has 1 saturated heterocycles. The van der Waals surface area contributed by atoms with Crippen LogP contribution in [0.3, 0.4) is 0 Å². The predicted octanol–water partition coefficient (Wildman–Crippen LogP) is 3.51. The standard InChI is InChI=1S/C19H25N3O4/c1-25-18-8-7-15(12-16(18)22(23)24)13-20-14-17(19-6-5-11-26-19)21-9-3-2-4-10-21/h5-8,11-12,17,20H,2-4,9-10,13-14H2,1H3. The zero-order valence-corrected chi connectivity index (χ0v) is 15.0. The molecule has 0 aliphatic carbocycles. The quantitative estimate of drug-likeness (QED) is 0.574. The van der Waals surface area contributed by atoms with Gasteiger partial charge in [0.05, 0.1) is 24.3 Å². The predicted molar refractivity (Wildman–Crippen MR) is 98.2 cm³/mol. The van der Waals surface area contributed by atoms with Crippen LogP contribution in [0.25, 0.3) is 0 Å². The summed E-state index contributed by atoms with van der Waals surface area (Å²) in [4.78, 5) is 13.2. The minimum atomic E-state index is -0.415. The number of nitrogens with one attached hydrogen (secondary N) is 1. The maximum absolute atomic E-state index is 11.2. The topological polar surface area (TPSA) is 80.8 Å². The van der Waals surface area contributed by atoms with Crippen LogP contribution in [0.1, 0.15) is 36.6 Å². The molecule has 0 saturated carbocycles. The van der Waals surface area contributed by atoms with Gasteiger partial charge in [0.15, 0.2) is 5.75 Å². The minimum Gasteiger partial charge on any atom is -0.490 e. The first-order valence-corrected chi connectivity index (χ1v) is 8.98. The molecule has 1 unspecified atom stereocenters. The summed E-state index contributed by atoms with van der Waals surface area (Å²) in [7, 11) is 1.44. The van der Waals surface area contributed by atoms with E-state index >= 15 is 0 Å². The highest BCUT2D eigenvalue weighted by atomic mass is 16.6. The molecule has 1 aromatic heterocycles. The molecule has 1 fully saturated rings. The number of hydrogen-bond donors (Lipinski definition) is 1. The monoisotopic (exact) mass is 359 g/mol. The van der Waals surface area contributed by atoms with Gasteiger partial charge >= 0.3 is 5.69 Å². The number of ether oxygens (including phenoxy) is 1. The number of hydrogen-bond acceptors (Lipinski definition) is 6. The second-order valence-corrected chi connectivity index (χ2v) is 6.52. The van der Waals surface area contributed by atoms with Gasteiger partial charge in [0, 0.05) is 19.2 Å². The molecule has 3 rings (SSSR count).